The molecular formula is C20H24Cl2N4O4. The average Bonchev–Trinajstić information content (AvgIpc) is 2.67. The molecule has 0 spiro atoms. The monoisotopic (exact) mass is 454 g/mol. The summed E-state index contributed by atoms with van der Waals surface area (Å²) in [6, 6.07) is 3.48. The van der Waals surface area contributed by atoms with Crippen LogP contribution in [-0.4, -0.2) is 46.2 Å². The normalized spacial score (nSPS) is 18.9. The zero-order chi connectivity index (χ0) is 21.5. The highest BCUT2D eigenvalue weighted by molar-refractivity contribution is 6.33. The number of hydrogen-bond acceptors (Lipinski definition) is 7. The van der Waals surface area contributed by atoms with Gasteiger partial charge in [-0.05, 0) is 37.8 Å². The van der Waals surface area contributed by atoms with Gasteiger partial charge in [0.25, 0.3) is 0 Å². The molecule has 1 atom stereocenters. The molecule has 162 valence electrons. The van der Waals surface area contributed by atoms with Gasteiger partial charge >= 0.3 is 0 Å². The van der Waals surface area contributed by atoms with Crippen LogP contribution in [0.4, 0.5) is 0 Å². The lowest BCUT2D eigenvalue weighted by Crippen LogP contribution is -2.40. The van der Waals surface area contributed by atoms with E-state index in [4.69, 9.17) is 37.4 Å². The summed E-state index contributed by atoms with van der Waals surface area (Å²) in [6.07, 6.45) is 4.93. The van der Waals surface area contributed by atoms with Crippen molar-refractivity contribution in [2.45, 2.75) is 45.4 Å². The number of hydrogen-bond donors (Lipinski definition) is 1. The minimum absolute atomic E-state index is 0.00277. The third-order valence-corrected chi connectivity index (χ3v) is 5.25. The van der Waals surface area contributed by atoms with Crippen LogP contribution < -0.4 is 14.8 Å². The average molecular weight is 455 g/mol. The van der Waals surface area contributed by atoms with Crippen LogP contribution in [0.25, 0.3) is 0 Å². The lowest BCUT2D eigenvalue weighted by molar-refractivity contribution is -0.120. The van der Waals surface area contributed by atoms with Crippen LogP contribution in [0.2, 0.25) is 10.0 Å². The van der Waals surface area contributed by atoms with E-state index < -0.39 is 0 Å². The fourth-order valence-electron chi connectivity index (χ4n) is 3.01. The van der Waals surface area contributed by atoms with Gasteiger partial charge in [-0.3, -0.25) is 9.78 Å². The summed E-state index contributed by atoms with van der Waals surface area (Å²) in [5.41, 5.74) is 0.588. The van der Waals surface area contributed by atoms with Gasteiger partial charge in [0.05, 0.1) is 30.0 Å². The van der Waals surface area contributed by atoms with Crippen LogP contribution in [0.5, 0.6) is 11.8 Å². The maximum Gasteiger partial charge on any atom is 0.240 e. The number of rotatable bonds is 10. The van der Waals surface area contributed by atoms with Crippen molar-refractivity contribution in [2.24, 2.45) is 5.92 Å². The number of pyridine rings is 1. The van der Waals surface area contributed by atoms with Crippen LogP contribution in [0.1, 0.15) is 32.4 Å². The number of halogens is 2. The molecular weight excluding hydrogens is 431 g/mol. The molecule has 1 N–H and O–H groups in total. The van der Waals surface area contributed by atoms with Gasteiger partial charge in [-0.1, -0.05) is 23.2 Å². The highest BCUT2D eigenvalue weighted by Crippen LogP contribution is 2.34. The number of nitrogens with zero attached hydrogens (tertiary/aromatic N) is 3. The van der Waals surface area contributed by atoms with Gasteiger partial charge in [0.1, 0.15) is 12.9 Å². The zero-order valence-corrected chi connectivity index (χ0v) is 18.3. The van der Waals surface area contributed by atoms with E-state index in [1.54, 1.807) is 18.3 Å². The first-order valence-electron chi connectivity index (χ1n) is 9.66. The van der Waals surface area contributed by atoms with E-state index in [2.05, 4.69) is 20.3 Å². The van der Waals surface area contributed by atoms with Crippen LogP contribution in [0.15, 0.2) is 24.7 Å². The summed E-state index contributed by atoms with van der Waals surface area (Å²) in [7, 11) is 0. The molecule has 1 aliphatic rings. The van der Waals surface area contributed by atoms with Crippen LogP contribution in [0.3, 0.4) is 0 Å². The molecule has 2 aromatic heterocycles. The summed E-state index contributed by atoms with van der Waals surface area (Å²) in [5.74, 6) is 0.788. The second kappa shape index (κ2) is 10.7. The van der Waals surface area contributed by atoms with Gasteiger partial charge in [0, 0.05) is 19.2 Å². The molecule has 0 saturated heterocycles. The molecule has 30 heavy (non-hydrogen) atoms. The Bertz CT molecular complexity index is 864. The maximum atomic E-state index is 11.0. The third-order valence-electron chi connectivity index (χ3n) is 4.59. The van der Waals surface area contributed by atoms with E-state index in [-0.39, 0.29) is 41.4 Å². The number of amides is 1. The van der Waals surface area contributed by atoms with Crippen LogP contribution >= 0.6 is 23.2 Å². The largest absolute Gasteiger partial charge is 0.476 e. The predicted molar refractivity (Wildman–Crippen MR) is 112 cm³/mol. The lowest BCUT2D eigenvalue weighted by Gasteiger charge is -2.35. The Kier molecular flexibility index (Phi) is 8.07. The molecule has 2 heterocycles. The first-order valence-corrected chi connectivity index (χ1v) is 10.4. The molecule has 0 unspecified atom stereocenters. The van der Waals surface area contributed by atoms with E-state index in [0.29, 0.717) is 29.8 Å². The first kappa shape index (κ1) is 22.5. The van der Waals surface area contributed by atoms with Gasteiger partial charge in [-0.15, -0.1) is 0 Å². The van der Waals surface area contributed by atoms with Crippen molar-refractivity contribution in [2.75, 3.05) is 13.2 Å². The van der Waals surface area contributed by atoms with Gasteiger partial charge in [-0.25, -0.2) is 9.97 Å². The summed E-state index contributed by atoms with van der Waals surface area (Å²) in [4.78, 5) is 23.3. The van der Waals surface area contributed by atoms with Crippen LogP contribution in [-0.2, 0) is 16.1 Å². The molecule has 1 saturated carbocycles. The predicted octanol–water partition coefficient (Wildman–Crippen LogP) is 3.46. The van der Waals surface area contributed by atoms with Crippen molar-refractivity contribution in [3.8, 4) is 11.8 Å². The Morgan fingerprint density at radius 2 is 1.97 bits per heavy atom. The lowest BCUT2D eigenvalue weighted by atomic mass is 9.83. The standard InChI is InChI=1S/C20H24Cl2N4O4/c1-12(26-13(2)27)8-28-15-6-14(7-15)9-29-19-18(22)20(25-11-24-19)30-10-17-16(21)4-3-5-23-17/h3-5,11-12,14-15H,6-10H2,1-2H3,(H,26,27)/t12-,14?,15?/m0/s1. The van der Waals surface area contributed by atoms with E-state index in [1.165, 1.54) is 13.3 Å². The van der Waals surface area contributed by atoms with Crippen molar-refractivity contribution in [3.05, 3.63) is 40.4 Å². The number of aromatic nitrogens is 3. The molecule has 10 heteroatoms. The first-order chi connectivity index (χ1) is 14.4. The zero-order valence-electron chi connectivity index (χ0n) is 16.8. The Balaban J connectivity index is 1.42. The van der Waals surface area contributed by atoms with E-state index >= 15 is 0 Å². The molecule has 1 aliphatic carbocycles. The smallest absolute Gasteiger partial charge is 0.240 e. The van der Waals surface area contributed by atoms with Crippen LogP contribution in [0, 0.1) is 5.92 Å². The third kappa shape index (κ3) is 6.42. The minimum Gasteiger partial charge on any atom is -0.476 e. The summed E-state index contributed by atoms with van der Waals surface area (Å²) in [5, 5.41) is 3.51. The van der Waals surface area contributed by atoms with Crippen molar-refractivity contribution >= 4 is 29.1 Å². The van der Waals surface area contributed by atoms with Gasteiger partial charge in [0.15, 0.2) is 5.02 Å². The number of ether oxygens (including phenoxy) is 3. The molecule has 0 bridgehead atoms. The van der Waals surface area contributed by atoms with E-state index in [1.807, 2.05) is 6.92 Å². The minimum atomic E-state index is -0.0563. The van der Waals surface area contributed by atoms with Gasteiger partial charge < -0.3 is 19.5 Å². The quantitative estimate of drug-likeness (QED) is 0.586. The fraction of sp³-hybridized carbons (Fsp3) is 0.500. The van der Waals surface area contributed by atoms with E-state index in [0.717, 1.165) is 12.8 Å². The molecule has 1 amide bonds. The Morgan fingerprint density at radius 1 is 1.23 bits per heavy atom. The van der Waals surface area contributed by atoms with Crippen molar-refractivity contribution in [1.82, 2.24) is 20.3 Å². The van der Waals surface area contributed by atoms with Gasteiger partial charge in [-0.2, -0.15) is 0 Å². The summed E-state index contributed by atoms with van der Waals surface area (Å²) < 4.78 is 17.2. The molecule has 0 aromatic carbocycles. The molecule has 3 rings (SSSR count). The second-order valence-electron chi connectivity index (χ2n) is 7.22. The van der Waals surface area contributed by atoms with Crippen molar-refractivity contribution in [3.63, 3.8) is 0 Å². The maximum absolute atomic E-state index is 11.0. The summed E-state index contributed by atoms with van der Waals surface area (Å²) >= 11 is 12.4. The SMILES string of the molecule is CC(=O)N[C@@H](C)COC1CC(COc2ncnc(OCc3ncccc3Cl)c2Cl)C1. The molecule has 8 nitrogen and oxygen atoms in total. The van der Waals surface area contributed by atoms with Crippen molar-refractivity contribution in [1.29, 1.82) is 0 Å². The molecule has 0 radical (unpaired) electrons. The highest BCUT2D eigenvalue weighted by atomic mass is 35.5. The second-order valence-corrected chi connectivity index (χ2v) is 8.01. The number of carbonyl (C=O) groups excluding carboxylic acids is 1. The molecule has 1 fully saturated rings. The Morgan fingerprint density at radius 3 is 2.67 bits per heavy atom. The Labute approximate surface area is 185 Å². The molecule has 2 aromatic rings. The fourth-order valence-corrected chi connectivity index (χ4v) is 3.40. The number of nitrogens with one attached hydrogen (secondary N) is 1. The number of carbonyl (C=O) groups is 1. The van der Waals surface area contributed by atoms with Crippen molar-refractivity contribution < 1.29 is 19.0 Å². The topological polar surface area (TPSA) is 95.5 Å². The summed E-state index contributed by atoms with van der Waals surface area (Å²) in [6.45, 7) is 4.52. The highest BCUT2D eigenvalue weighted by Gasteiger charge is 2.31. The Hall–Kier alpha value is -2.16. The van der Waals surface area contributed by atoms with Gasteiger partial charge in [0.2, 0.25) is 17.7 Å². The van der Waals surface area contributed by atoms with E-state index in [9.17, 15) is 4.79 Å². The molecule has 0 aliphatic heterocycles.